The Bertz CT molecular complexity index is 2480. The van der Waals surface area contributed by atoms with Gasteiger partial charge in [-0.25, -0.2) is 15.1 Å². The number of H-pyrrole nitrogens is 3. The van der Waals surface area contributed by atoms with Crippen molar-refractivity contribution in [2.45, 2.75) is 33.9 Å². The molecule has 0 saturated heterocycles. The molecule has 0 radical (unpaired) electrons. The van der Waals surface area contributed by atoms with Crippen LogP contribution in [0.2, 0.25) is 0 Å². The second kappa shape index (κ2) is 13.5. The van der Waals surface area contributed by atoms with Crippen LogP contribution in [0.25, 0.3) is 38.5 Å². The third-order valence-corrected chi connectivity index (χ3v) is 8.62. The summed E-state index contributed by atoms with van der Waals surface area (Å²) < 4.78 is 11.9. The van der Waals surface area contributed by atoms with Crippen LogP contribution in [0.5, 0.6) is 23.3 Å². The average Bonchev–Trinajstić information content (AvgIpc) is 3.80. The van der Waals surface area contributed by atoms with Gasteiger partial charge >= 0.3 is 0 Å². The van der Waals surface area contributed by atoms with E-state index in [-0.39, 0.29) is 5.56 Å². The standard InChI is InChI=1S/C19H18N4O2.C19H16N4O2/c2*1-11-9-13(25-19-15-5-7-20-17(15)6-8-21-19)3-4-14(11)16-10-22-23-18(24)12(16)2/h3-10,18,20,23-24H,1-2H3;3-10,20H,1-2H3,(H,23,24). The van der Waals surface area contributed by atoms with Crippen molar-refractivity contribution in [3.8, 4) is 34.4 Å². The minimum Gasteiger partial charge on any atom is -0.438 e. The topological polar surface area (TPSA) is 166 Å². The number of aliphatic hydroxyl groups excluding tert-OH is 1. The van der Waals surface area contributed by atoms with E-state index in [0.717, 1.165) is 60.8 Å². The lowest BCUT2D eigenvalue weighted by molar-refractivity contribution is 0.174. The molecular formula is C38H34N8O4. The van der Waals surface area contributed by atoms with E-state index in [2.05, 4.69) is 40.7 Å². The molecule has 2 aromatic carbocycles. The van der Waals surface area contributed by atoms with Crippen molar-refractivity contribution >= 4 is 33.6 Å². The van der Waals surface area contributed by atoms with Crippen molar-refractivity contribution in [2.75, 3.05) is 0 Å². The minimum absolute atomic E-state index is 0.180. The molecule has 5 aromatic heterocycles. The molecule has 6 heterocycles. The van der Waals surface area contributed by atoms with Crippen LogP contribution in [0.3, 0.4) is 0 Å². The summed E-state index contributed by atoms with van der Waals surface area (Å²) in [5, 5.41) is 22.1. The Morgan fingerprint density at radius 1 is 0.720 bits per heavy atom. The van der Waals surface area contributed by atoms with E-state index in [1.165, 1.54) is 0 Å². The summed E-state index contributed by atoms with van der Waals surface area (Å²) in [7, 11) is 0. The molecule has 0 bridgehead atoms. The zero-order valence-corrected chi connectivity index (χ0v) is 27.8. The van der Waals surface area contributed by atoms with Gasteiger partial charge in [0.2, 0.25) is 11.8 Å². The van der Waals surface area contributed by atoms with Crippen LogP contribution in [0.4, 0.5) is 0 Å². The summed E-state index contributed by atoms with van der Waals surface area (Å²) in [6, 6.07) is 19.3. The van der Waals surface area contributed by atoms with Crippen molar-refractivity contribution in [1.29, 1.82) is 0 Å². The normalized spacial score (nSPS) is 14.0. The van der Waals surface area contributed by atoms with E-state index < -0.39 is 6.23 Å². The monoisotopic (exact) mass is 666 g/mol. The fourth-order valence-electron chi connectivity index (χ4n) is 5.83. The number of ether oxygens (including phenoxy) is 2. The number of aromatic amines is 3. The third kappa shape index (κ3) is 6.34. The number of hydrogen-bond acceptors (Lipinski definition) is 9. The number of aliphatic hydroxyl groups is 1. The van der Waals surface area contributed by atoms with Gasteiger partial charge in [-0.15, -0.1) is 0 Å². The number of hydrogen-bond donors (Lipinski definition) is 5. The Morgan fingerprint density at radius 2 is 1.30 bits per heavy atom. The molecule has 1 aliphatic rings. The Labute approximate surface area is 286 Å². The van der Waals surface area contributed by atoms with Crippen molar-refractivity contribution < 1.29 is 14.6 Å². The molecule has 0 amide bonds. The SMILES string of the molecule is CC1=C(c2ccc(Oc3nccc4[nH]ccc34)cc2C)C=NNC1O.Cc1cc(Oc2nccc3[nH]ccc23)ccc1-c1cn[nH]c(=O)c1C. The van der Waals surface area contributed by atoms with Crippen molar-refractivity contribution in [3.63, 3.8) is 0 Å². The highest BCUT2D eigenvalue weighted by atomic mass is 16.5. The number of hydrazone groups is 1. The van der Waals surface area contributed by atoms with Gasteiger partial charge in [0.1, 0.15) is 11.5 Å². The number of allylic oxidation sites excluding steroid dienone is 1. The predicted octanol–water partition coefficient (Wildman–Crippen LogP) is 7.07. The fourth-order valence-corrected chi connectivity index (χ4v) is 5.83. The van der Waals surface area contributed by atoms with E-state index in [4.69, 9.17) is 9.47 Å². The van der Waals surface area contributed by atoms with E-state index >= 15 is 0 Å². The van der Waals surface area contributed by atoms with Gasteiger partial charge in [0.15, 0.2) is 6.23 Å². The molecule has 50 heavy (non-hydrogen) atoms. The second-order valence-corrected chi connectivity index (χ2v) is 11.9. The lowest BCUT2D eigenvalue weighted by Crippen LogP contribution is -2.29. The smallest absolute Gasteiger partial charge is 0.267 e. The molecule has 8 rings (SSSR count). The first-order chi connectivity index (χ1) is 24.3. The van der Waals surface area contributed by atoms with Gasteiger partial charge in [-0.05, 0) is 104 Å². The first-order valence-electron chi connectivity index (χ1n) is 15.9. The van der Waals surface area contributed by atoms with Gasteiger partial charge in [0, 0.05) is 41.5 Å². The summed E-state index contributed by atoms with van der Waals surface area (Å²) in [5.41, 5.74) is 11.6. The highest BCUT2D eigenvalue weighted by Crippen LogP contribution is 2.33. The maximum absolute atomic E-state index is 11.8. The number of nitrogens with zero attached hydrogens (tertiary/aromatic N) is 4. The van der Waals surface area contributed by atoms with Gasteiger partial charge in [-0.1, -0.05) is 12.1 Å². The van der Waals surface area contributed by atoms with E-state index in [1.807, 2.05) is 93.8 Å². The van der Waals surface area contributed by atoms with E-state index in [0.29, 0.717) is 28.8 Å². The summed E-state index contributed by atoms with van der Waals surface area (Å²) in [5.74, 6) is 2.53. The highest BCUT2D eigenvalue weighted by Gasteiger charge is 2.17. The molecule has 0 aliphatic carbocycles. The van der Waals surface area contributed by atoms with Crippen molar-refractivity contribution in [2.24, 2.45) is 5.10 Å². The van der Waals surface area contributed by atoms with Crippen LogP contribution < -0.4 is 20.5 Å². The third-order valence-electron chi connectivity index (χ3n) is 8.62. The summed E-state index contributed by atoms with van der Waals surface area (Å²) in [6.07, 6.45) is 9.79. The first-order valence-corrected chi connectivity index (χ1v) is 15.9. The molecule has 0 spiro atoms. The Hall–Kier alpha value is -6.53. The van der Waals surface area contributed by atoms with Crippen molar-refractivity contribution in [3.05, 3.63) is 130 Å². The molecular weight excluding hydrogens is 632 g/mol. The zero-order valence-electron chi connectivity index (χ0n) is 27.8. The molecule has 250 valence electrons. The van der Waals surface area contributed by atoms with Gasteiger partial charge in [-0.2, -0.15) is 10.2 Å². The predicted molar refractivity (Wildman–Crippen MR) is 194 cm³/mol. The maximum Gasteiger partial charge on any atom is 0.267 e. The first kappa shape index (κ1) is 32.0. The summed E-state index contributed by atoms with van der Waals surface area (Å²) in [6.45, 7) is 7.66. The van der Waals surface area contributed by atoms with E-state index in [9.17, 15) is 9.90 Å². The number of nitrogens with one attached hydrogen (secondary N) is 4. The van der Waals surface area contributed by atoms with Gasteiger partial charge in [0.25, 0.3) is 5.56 Å². The number of benzene rings is 2. The molecule has 7 aromatic rings. The fraction of sp³-hybridized carbons (Fsp3) is 0.132. The second-order valence-electron chi connectivity index (χ2n) is 11.9. The Balaban J connectivity index is 0.000000157. The van der Waals surface area contributed by atoms with Gasteiger partial charge < -0.3 is 24.5 Å². The molecule has 0 fully saturated rings. The number of rotatable bonds is 6. The average molecular weight is 667 g/mol. The summed E-state index contributed by atoms with van der Waals surface area (Å²) >= 11 is 0. The van der Waals surface area contributed by atoms with Gasteiger partial charge in [-0.3, -0.25) is 10.2 Å². The molecule has 12 nitrogen and oxygen atoms in total. The van der Waals surface area contributed by atoms with Crippen LogP contribution in [0.15, 0.2) is 107 Å². The quantitative estimate of drug-likeness (QED) is 0.126. The van der Waals surface area contributed by atoms with Crippen molar-refractivity contribution in [1.82, 2.24) is 35.6 Å². The van der Waals surface area contributed by atoms with Crippen LogP contribution in [-0.2, 0) is 0 Å². The van der Waals surface area contributed by atoms with E-state index in [1.54, 1.807) is 31.7 Å². The largest absolute Gasteiger partial charge is 0.438 e. The lowest BCUT2D eigenvalue weighted by Gasteiger charge is -2.20. The number of fused-ring (bicyclic) bond motifs is 2. The Kier molecular flexibility index (Phi) is 8.67. The zero-order chi connectivity index (χ0) is 34.8. The highest BCUT2D eigenvalue weighted by molar-refractivity contribution is 6.12. The summed E-state index contributed by atoms with van der Waals surface area (Å²) in [4.78, 5) is 26.7. The number of pyridine rings is 2. The molecule has 0 saturated carbocycles. The van der Waals surface area contributed by atoms with Crippen LogP contribution in [-0.4, -0.2) is 47.7 Å². The molecule has 1 unspecified atom stereocenters. The minimum atomic E-state index is -0.759. The van der Waals surface area contributed by atoms with Gasteiger partial charge in [0.05, 0.1) is 34.2 Å². The molecule has 1 atom stereocenters. The maximum atomic E-state index is 11.8. The number of aryl methyl sites for hydroxylation is 2. The number of aromatic nitrogens is 6. The molecule has 5 N–H and O–H groups in total. The van der Waals surface area contributed by atoms with Crippen LogP contribution in [0, 0.1) is 20.8 Å². The van der Waals surface area contributed by atoms with Crippen LogP contribution in [0.1, 0.15) is 29.2 Å². The molecule has 1 aliphatic heterocycles. The Morgan fingerprint density at radius 3 is 1.88 bits per heavy atom. The lowest BCUT2D eigenvalue weighted by atomic mass is 9.96. The van der Waals surface area contributed by atoms with Crippen LogP contribution >= 0.6 is 0 Å². The molecule has 12 heteroatoms.